The Labute approximate surface area is 126 Å². The minimum atomic E-state index is -0.716. The molecule has 102 valence electrons. The SMILES string of the molecule is O=C(C[C@H]1CCC[C@@H](C(=O)O)C1)c1ccc(I)cc1. The van der Waals surface area contributed by atoms with E-state index in [-0.39, 0.29) is 17.6 Å². The number of aliphatic carboxylic acids is 1. The minimum absolute atomic E-state index is 0.132. The van der Waals surface area contributed by atoms with Gasteiger partial charge in [-0.2, -0.15) is 0 Å². The molecule has 3 nitrogen and oxygen atoms in total. The van der Waals surface area contributed by atoms with Crippen molar-refractivity contribution >= 4 is 34.3 Å². The van der Waals surface area contributed by atoms with Gasteiger partial charge in [-0.25, -0.2) is 0 Å². The number of carbonyl (C=O) groups excluding carboxylic acids is 1. The minimum Gasteiger partial charge on any atom is -0.481 e. The van der Waals surface area contributed by atoms with Gasteiger partial charge >= 0.3 is 5.97 Å². The number of rotatable bonds is 4. The van der Waals surface area contributed by atoms with E-state index < -0.39 is 5.97 Å². The monoisotopic (exact) mass is 372 g/mol. The van der Waals surface area contributed by atoms with E-state index in [4.69, 9.17) is 5.11 Å². The molecule has 0 heterocycles. The first kappa shape index (κ1) is 14.5. The molecule has 1 aliphatic rings. The molecule has 1 saturated carbocycles. The highest BCUT2D eigenvalue weighted by molar-refractivity contribution is 14.1. The molecule has 1 aromatic carbocycles. The Bertz CT molecular complexity index is 467. The second kappa shape index (κ2) is 6.50. The Morgan fingerprint density at radius 1 is 1.21 bits per heavy atom. The van der Waals surface area contributed by atoms with Gasteiger partial charge in [-0.15, -0.1) is 0 Å². The molecule has 0 radical (unpaired) electrons. The lowest BCUT2D eigenvalue weighted by Gasteiger charge is -2.26. The van der Waals surface area contributed by atoms with E-state index in [0.29, 0.717) is 12.8 Å². The fraction of sp³-hybridized carbons (Fsp3) is 0.467. The van der Waals surface area contributed by atoms with E-state index in [1.54, 1.807) is 0 Å². The predicted molar refractivity (Wildman–Crippen MR) is 81.2 cm³/mol. The van der Waals surface area contributed by atoms with Crippen LogP contribution in [0.3, 0.4) is 0 Å². The van der Waals surface area contributed by atoms with Gasteiger partial charge in [-0.05, 0) is 59.9 Å². The lowest BCUT2D eigenvalue weighted by atomic mass is 9.78. The van der Waals surface area contributed by atoms with Crippen LogP contribution in [-0.4, -0.2) is 16.9 Å². The average Bonchev–Trinajstić information content (AvgIpc) is 2.39. The van der Waals surface area contributed by atoms with Crippen LogP contribution in [0.5, 0.6) is 0 Å². The van der Waals surface area contributed by atoms with Gasteiger partial charge in [0, 0.05) is 15.6 Å². The third-order valence-electron chi connectivity index (χ3n) is 3.77. The number of carboxylic acids is 1. The quantitative estimate of drug-likeness (QED) is 0.647. The molecule has 19 heavy (non-hydrogen) atoms. The van der Waals surface area contributed by atoms with Gasteiger partial charge in [0.2, 0.25) is 0 Å². The summed E-state index contributed by atoms with van der Waals surface area (Å²) in [7, 11) is 0. The standard InChI is InChI=1S/C15H17IO3/c16-13-6-4-11(5-7-13)14(17)9-10-2-1-3-12(8-10)15(18)19/h4-7,10,12H,1-3,8-9H2,(H,18,19)/t10-,12+/m0/s1. The summed E-state index contributed by atoms with van der Waals surface area (Å²) in [4.78, 5) is 23.2. The van der Waals surface area contributed by atoms with Gasteiger partial charge in [0.1, 0.15) is 0 Å². The van der Waals surface area contributed by atoms with Crippen molar-refractivity contribution in [3.8, 4) is 0 Å². The molecule has 0 spiro atoms. The van der Waals surface area contributed by atoms with Crippen LogP contribution in [0.15, 0.2) is 24.3 Å². The van der Waals surface area contributed by atoms with Gasteiger partial charge in [0.15, 0.2) is 5.78 Å². The smallest absolute Gasteiger partial charge is 0.306 e. The van der Waals surface area contributed by atoms with Crippen molar-refractivity contribution in [3.05, 3.63) is 33.4 Å². The second-order valence-corrected chi connectivity index (χ2v) is 6.45. The molecule has 0 saturated heterocycles. The summed E-state index contributed by atoms with van der Waals surface area (Å²) in [5.74, 6) is -0.622. The zero-order valence-corrected chi connectivity index (χ0v) is 12.8. The van der Waals surface area contributed by atoms with Crippen LogP contribution in [-0.2, 0) is 4.79 Å². The van der Waals surface area contributed by atoms with Gasteiger partial charge in [0.25, 0.3) is 0 Å². The fourth-order valence-electron chi connectivity index (χ4n) is 2.72. The molecule has 0 bridgehead atoms. The van der Waals surface area contributed by atoms with Crippen LogP contribution in [0.25, 0.3) is 0 Å². The predicted octanol–water partition coefficient (Wildman–Crippen LogP) is 3.76. The topological polar surface area (TPSA) is 54.4 Å². The summed E-state index contributed by atoms with van der Waals surface area (Å²) >= 11 is 2.21. The van der Waals surface area contributed by atoms with Crippen LogP contribution >= 0.6 is 22.6 Å². The molecule has 0 amide bonds. The number of halogens is 1. The first-order valence-electron chi connectivity index (χ1n) is 6.58. The molecular formula is C15H17IO3. The first-order chi connectivity index (χ1) is 9.06. The Kier molecular flexibility index (Phi) is 4.96. The number of carboxylic acid groups (broad SMARTS) is 1. The number of carbonyl (C=O) groups is 2. The van der Waals surface area contributed by atoms with Crippen molar-refractivity contribution in [3.63, 3.8) is 0 Å². The summed E-state index contributed by atoms with van der Waals surface area (Å²) in [6.45, 7) is 0. The largest absolute Gasteiger partial charge is 0.481 e. The van der Waals surface area contributed by atoms with Crippen LogP contribution in [0.1, 0.15) is 42.5 Å². The molecule has 2 rings (SSSR count). The Balaban J connectivity index is 1.95. The third kappa shape index (κ3) is 4.03. The second-order valence-electron chi connectivity index (χ2n) is 5.20. The number of hydrogen-bond acceptors (Lipinski definition) is 2. The first-order valence-corrected chi connectivity index (χ1v) is 7.65. The van der Waals surface area contributed by atoms with E-state index in [2.05, 4.69) is 22.6 Å². The molecule has 2 atom stereocenters. The van der Waals surface area contributed by atoms with Crippen molar-refractivity contribution in [2.45, 2.75) is 32.1 Å². The van der Waals surface area contributed by atoms with E-state index in [1.165, 1.54) is 0 Å². The normalized spacial score (nSPS) is 23.0. The zero-order chi connectivity index (χ0) is 13.8. The molecular weight excluding hydrogens is 355 g/mol. The maximum absolute atomic E-state index is 12.2. The molecule has 1 fully saturated rings. The van der Waals surface area contributed by atoms with Gasteiger partial charge < -0.3 is 5.11 Å². The van der Waals surface area contributed by atoms with Gasteiger partial charge in [-0.3, -0.25) is 9.59 Å². The highest BCUT2D eigenvalue weighted by atomic mass is 127. The van der Waals surface area contributed by atoms with Crippen LogP contribution in [0.4, 0.5) is 0 Å². The molecule has 1 N–H and O–H groups in total. The Morgan fingerprint density at radius 3 is 2.53 bits per heavy atom. The lowest BCUT2D eigenvalue weighted by Crippen LogP contribution is -2.24. The lowest BCUT2D eigenvalue weighted by molar-refractivity contribution is -0.143. The van der Waals surface area contributed by atoms with E-state index in [0.717, 1.165) is 28.4 Å². The Morgan fingerprint density at radius 2 is 1.89 bits per heavy atom. The van der Waals surface area contributed by atoms with Crippen molar-refractivity contribution in [1.82, 2.24) is 0 Å². The zero-order valence-electron chi connectivity index (χ0n) is 10.6. The van der Waals surface area contributed by atoms with Gasteiger partial charge in [0.05, 0.1) is 5.92 Å². The number of benzene rings is 1. The van der Waals surface area contributed by atoms with Gasteiger partial charge in [-0.1, -0.05) is 18.6 Å². The fourth-order valence-corrected chi connectivity index (χ4v) is 3.08. The molecule has 1 aromatic rings. The highest BCUT2D eigenvalue weighted by Crippen LogP contribution is 2.32. The molecule has 0 unspecified atom stereocenters. The summed E-state index contributed by atoms with van der Waals surface area (Å²) < 4.78 is 1.11. The third-order valence-corrected chi connectivity index (χ3v) is 4.49. The highest BCUT2D eigenvalue weighted by Gasteiger charge is 2.28. The molecule has 1 aliphatic carbocycles. The summed E-state index contributed by atoms with van der Waals surface area (Å²) in [5.41, 5.74) is 0.734. The number of hydrogen-bond donors (Lipinski definition) is 1. The molecule has 0 aliphatic heterocycles. The average molecular weight is 372 g/mol. The van der Waals surface area contributed by atoms with Crippen LogP contribution < -0.4 is 0 Å². The van der Waals surface area contributed by atoms with E-state index >= 15 is 0 Å². The summed E-state index contributed by atoms with van der Waals surface area (Å²) in [5, 5.41) is 9.05. The maximum Gasteiger partial charge on any atom is 0.306 e. The van der Waals surface area contributed by atoms with E-state index in [1.807, 2.05) is 24.3 Å². The maximum atomic E-state index is 12.2. The van der Waals surface area contributed by atoms with Crippen LogP contribution in [0.2, 0.25) is 0 Å². The molecule has 4 heteroatoms. The summed E-state index contributed by atoms with van der Waals surface area (Å²) in [6, 6.07) is 7.55. The molecule has 0 aromatic heterocycles. The number of Topliss-reactive ketones (excluding diaryl/α,β-unsaturated/α-hetero) is 1. The van der Waals surface area contributed by atoms with E-state index in [9.17, 15) is 9.59 Å². The van der Waals surface area contributed by atoms with Crippen molar-refractivity contribution in [2.24, 2.45) is 11.8 Å². The number of ketones is 1. The van der Waals surface area contributed by atoms with Crippen molar-refractivity contribution in [2.75, 3.05) is 0 Å². The van der Waals surface area contributed by atoms with Crippen LogP contribution in [0, 0.1) is 15.4 Å². The summed E-state index contributed by atoms with van der Waals surface area (Å²) in [6.07, 6.45) is 3.76. The van der Waals surface area contributed by atoms with Crippen molar-refractivity contribution in [1.29, 1.82) is 0 Å². The Hall–Kier alpha value is -0.910. The van der Waals surface area contributed by atoms with Crippen molar-refractivity contribution < 1.29 is 14.7 Å².